The molecule has 2 nitrogen and oxygen atoms in total. The van der Waals surface area contributed by atoms with Gasteiger partial charge < -0.3 is 0 Å². The van der Waals surface area contributed by atoms with Gasteiger partial charge in [0.15, 0.2) is 5.76 Å². The molecule has 2 rings (SSSR count). The molecule has 80 valence electrons. The molecular formula is C13H12O2P+. The van der Waals surface area contributed by atoms with E-state index in [2.05, 4.69) is 6.58 Å². The Balaban J connectivity index is 2.95. The van der Waals surface area contributed by atoms with Gasteiger partial charge in [-0.15, -0.1) is 0 Å². The normalized spacial score (nSPS) is 12.2. The maximum absolute atomic E-state index is 11.9. The third-order valence-corrected chi connectivity index (χ3v) is 3.51. The van der Waals surface area contributed by atoms with Crippen molar-refractivity contribution in [1.29, 1.82) is 0 Å². The summed E-state index contributed by atoms with van der Waals surface area (Å²) in [7, 11) is -1.80. The van der Waals surface area contributed by atoms with Gasteiger partial charge in [-0.2, -0.15) is 0 Å². The van der Waals surface area contributed by atoms with Gasteiger partial charge in [0.25, 0.3) is 0 Å². The fourth-order valence-corrected chi connectivity index (χ4v) is 2.70. The van der Waals surface area contributed by atoms with Gasteiger partial charge in [-0.1, -0.05) is 30.9 Å². The minimum Gasteiger partial charge on any atom is -0.250 e. The van der Waals surface area contributed by atoms with E-state index in [0.717, 1.165) is 16.1 Å². The lowest BCUT2D eigenvalue weighted by molar-refractivity contribution is 0.547. The molecule has 0 fully saturated rings. The van der Waals surface area contributed by atoms with E-state index in [1.807, 2.05) is 37.3 Å². The lowest BCUT2D eigenvalue weighted by Crippen LogP contribution is -1.81. The van der Waals surface area contributed by atoms with Gasteiger partial charge in [0, 0.05) is 10.9 Å². The number of allylic oxidation sites excluding steroid dienone is 1. The first-order valence-corrected chi connectivity index (χ1v) is 6.19. The summed E-state index contributed by atoms with van der Waals surface area (Å²) >= 11 is 0. The highest BCUT2D eigenvalue weighted by Crippen LogP contribution is 2.34. The van der Waals surface area contributed by atoms with Crippen LogP contribution < -0.4 is 0 Å². The van der Waals surface area contributed by atoms with Crippen LogP contribution in [0.4, 0.5) is 0 Å². The summed E-state index contributed by atoms with van der Waals surface area (Å²) < 4.78 is 17.2. The van der Waals surface area contributed by atoms with E-state index >= 15 is 0 Å². The van der Waals surface area contributed by atoms with Crippen molar-refractivity contribution in [3.8, 4) is 0 Å². The van der Waals surface area contributed by atoms with Crippen molar-refractivity contribution in [2.75, 3.05) is 0 Å². The molecule has 0 aliphatic carbocycles. The van der Waals surface area contributed by atoms with Crippen LogP contribution in [0, 0.1) is 0 Å². The molecule has 0 saturated carbocycles. The van der Waals surface area contributed by atoms with Gasteiger partial charge in [-0.3, -0.25) is 0 Å². The van der Waals surface area contributed by atoms with Crippen molar-refractivity contribution in [3.05, 3.63) is 48.2 Å². The predicted octanol–water partition coefficient (Wildman–Crippen LogP) is 4.85. The van der Waals surface area contributed by atoms with Crippen molar-refractivity contribution in [1.82, 2.24) is 0 Å². The summed E-state index contributed by atoms with van der Waals surface area (Å²) in [6.45, 7) is 5.67. The Morgan fingerprint density at radius 3 is 2.81 bits per heavy atom. The van der Waals surface area contributed by atoms with Gasteiger partial charge >= 0.3 is 7.65 Å². The minimum atomic E-state index is -1.80. The molecule has 0 amide bonds. The Labute approximate surface area is 94.7 Å². The lowest BCUT2D eigenvalue weighted by Gasteiger charge is -1.97. The van der Waals surface area contributed by atoms with Crippen molar-refractivity contribution >= 4 is 30.3 Å². The van der Waals surface area contributed by atoms with E-state index in [4.69, 9.17) is 4.20 Å². The zero-order valence-corrected chi connectivity index (χ0v) is 9.91. The highest BCUT2D eigenvalue weighted by Gasteiger charge is 2.17. The molecule has 1 atom stereocenters. The molecule has 1 heterocycles. The van der Waals surface area contributed by atoms with E-state index < -0.39 is 7.65 Å². The molecule has 0 N–H and O–H groups in total. The average molecular weight is 231 g/mol. The monoisotopic (exact) mass is 231 g/mol. The molecule has 16 heavy (non-hydrogen) atoms. The smallest absolute Gasteiger partial charge is 0.250 e. The minimum absolute atomic E-state index is 0.623. The SMILES string of the molecule is C=Cc1c(/C=C\C)o[p+](=O)c2ccccc12. The Kier molecular flexibility index (Phi) is 3.02. The molecule has 0 aliphatic heterocycles. The molecule has 1 unspecified atom stereocenters. The van der Waals surface area contributed by atoms with E-state index in [9.17, 15) is 4.57 Å². The summed E-state index contributed by atoms with van der Waals surface area (Å²) in [6, 6.07) is 7.54. The lowest BCUT2D eigenvalue weighted by atomic mass is 10.1. The second-order valence-electron chi connectivity index (χ2n) is 3.35. The van der Waals surface area contributed by atoms with Crippen LogP contribution in [-0.4, -0.2) is 0 Å². The Bertz CT molecular complexity index is 623. The van der Waals surface area contributed by atoms with Gasteiger partial charge in [0.05, 0.1) is 0 Å². The van der Waals surface area contributed by atoms with Gasteiger partial charge in [0.1, 0.15) is 0 Å². The Hall–Kier alpha value is -1.66. The summed E-state index contributed by atoms with van der Waals surface area (Å²) in [5, 5.41) is 1.68. The molecule has 2 aromatic rings. The third kappa shape index (κ3) is 1.72. The highest BCUT2D eigenvalue weighted by atomic mass is 31.1. The number of fused-ring (bicyclic) bond motifs is 1. The Morgan fingerprint density at radius 2 is 2.12 bits per heavy atom. The number of rotatable bonds is 2. The van der Waals surface area contributed by atoms with E-state index in [1.54, 1.807) is 12.2 Å². The van der Waals surface area contributed by atoms with Crippen LogP contribution in [0.25, 0.3) is 22.7 Å². The number of hydrogen-bond donors (Lipinski definition) is 0. The van der Waals surface area contributed by atoms with Crippen LogP contribution in [0.1, 0.15) is 18.2 Å². The standard InChI is InChI=1S/C13H12O2P/c1-3-7-12-10(4-2)11-8-5-6-9-13(11)16(14)15-12/h3-9H,2H2,1H3/q+1/b7-3-. The van der Waals surface area contributed by atoms with E-state index in [-0.39, 0.29) is 0 Å². The Morgan fingerprint density at radius 1 is 1.38 bits per heavy atom. The number of benzene rings is 1. The molecule has 0 bridgehead atoms. The average Bonchev–Trinajstić information content (AvgIpc) is 2.30. The molecule has 1 aromatic heterocycles. The van der Waals surface area contributed by atoms with Crippen molar-refractivity contribution in [3.63, 3.8) is 0 Å². The van der Waals surface area contributed by atoms with Gasteiger partial charge in [-0.05, 0) is 29.7 Å². The molecule has 0 aliphatic rings. The molecule has 1 aromatic carbocycles. The van der Waals surface area contributed by atoms with Crippen LogP contribution in [-0.2, 0) is 4.57 Å². The van der Waals surface area contributed by atoms with Crippen LogP contribution >= 0.6 is 7.65 Å². The topological polar surface area (TPSA) is 30.2 Å². The summed E-state index contributed by atoms with van der Waals surface area (Å²) in [4.78, 5) is 0. The zero-order valence-electron chi connectivity index (χ0n) is 9.01. The first-order chi connectivity index (χ1) is 7.77. The molecule has 0 spiro atoms. The van der Waals surface area contributed by atoms with Crippen LogP contribution in [0.15, 0.2) is 41.1 Å². The largest absolute Gasteiger partial charge is 0.597 e. The summed E-state index contributed by atoms with van der Waals surface area (Å²) in [5.41, 5.74) is 0.892. The highest BCUT2D eigenvalue weighted by molar-refractivity contribution is 7.36. The quantitative estimate of drug-likeness (QED) is 0.739. The van der Waals surface area contributed by atoms with Gasteiger partial charge in [0.2, 0.25) is 5.12 Å². The number of hydrogen-bond acceptors (Lipinski definition) is 2. The second-order valence-corrected chi connectivity index (χ2v) is 4.53. The molecule has 0 saturated heterocycles. The van der Waals surface area contributed by atoms with Crippen molar-refractivity contribution in [2.24, 2.45) is 0 Å². The first kappa shape index (κ1) is 10.8. The summed E-state index contributed by atoms with van der Waals surface area (Å²) in [6.07, 6.45) is 5.40. The molecular weight excluding hydrogens is 219 g/mol. The maximum Gasteiger partial charge on any atom is 0.597 e. The third-order valence-electron chi connectivity index (χ3n) is 2.36. The van der Waals surface area contributed by atoms with Crippen molar-refractivity contribution in [2.45, 2.75) is 6.92 Å². The van der Waals surface area contributed by atoms with Crippen LogP contribution in [0.5, 0.6) is 0 Å². The van der Waals surface area contributed by atoms with Gasteiger partial charge in [-0.25, -0.2) is 4.20 Å². The van der Waals surface area contributed by atoms with Crippen LogP contribution in [0.2, 0.25) is 0 Å². The van der Waals surface area contributed by atoms with E-state index in [0.29, 0.717) is 5.76 Å². The van der Waals surface area contributed by atoms with Crippen molar-refractivity contribution < 1.29 is 8.76 Å². The second kappa shape index (κ2) is 4.46. The first-order valence-electron chi connectivity index (χ1n) is 5.02. The molecule has 0 radical (unpaired) electrons. The fourth-order valence-electron chi connectivity index (χ4n) is 1.66. The zero-order chi connectivity index (χ0) is 11.5. The van der Waals surface area contributed by atoms with Crippen LogP contribution in [0.3, 0.4) is 0 Å². The maximum atomic E-state index is 11.9. The molecule has 3 heteroatoms. The predicted molar refractivity (Wildman–Crippen MR) is 68.6 cm³/mol. The summed E-state index contributed by atoms with van der Waals surface area (Å²) in [5.74, 6) is 0.623. The van der Waals surface area contributed by atoms with E-state index in [1.165, 1.54) is 0 Å². The fraction of sp³-hybridized carbons (Fsp3) is 0.0769.